The van der Waals surface area contributed by atoms with E-state index in [4.69, 9.17) is 4.74 Å². The lowest BCUT2D eigenvalue weighted by Crippen LogP contribution is -2.49. The third kappa shape index (κ3) is 4.04. The van der Waals surface area contributed by atoms with Crippen LogP contribution in [0.15, 0.2) is 36.5 Å². The van der Waals surface area contributed by atoms with Crippen LogP contribution in [-0.2, 0) is 6.54 Å². The second-order valence-corrected chi connectivity index (χ2v) is 6.87. The van der Waals surface area contributed by atoms with Crippen molar-refractivity contribution in [2.45, 2.75) is 19.0 Å². The van der Waals surface area contributed by atoms with Crippen LogP contribution in [0.5, 0.6) is 5.75 Å². The van der Waals surface area contributed by atoms with Gasteiger partial charge in [0.25, 0.3) is 0 Å². The molecule has 0 saturated carbocycles. The molecule has 1 N–H and O–H groups in total. The molecule has 2 aliphatic rings. The lowest BCUT2D eigenvalue weighted by Gasteiger charge is -2.32. The predicted molar refractivity (Wildman–Crippen MR) is 105 cm³/mol. The SMILES string of the molecule is COc1ccccc1-n1nccc1CN1CCC(N2CCNCC2)C1.Cl. The summed E-state index contributed by atoms with van der Waals surface area (Å²) in [7, 11) is 1.71. The number of benzene rings is 1. The first-order valence-electron chi connectivity index (χ1n) is 9.18. The van der Waals surface area contributed by atoms with Crippen molar-refractivity contribution in [3.63, 3.8) is 0 Å². The minimum absolute atomic E-state index is 0. The summed E-state index contributed by atoms with van der Waals surface area (Å²) in [5, 5.41) is 7.98. The number of piperazine rings is 1. The number of para-hydroxylation sites is 2. The van der Waals surface area contributed by atoms with Gasteiger partial charge in [0.15, 0.2) is 0 Å². The Labute approximate surface area is 161 Å². The Morgan fingerprint density at radius 3 is 2.77 bits per heavy atom. The summed E-state index contributed by atoms with van der Waals surface area (Å²) in [5.41, 5.74) is 2.22. The molecular weight excluding hydrogens is 350 g/mol. The lowest BCUT2D eigenvalue weighted by atomic mass is 10.2. The average molecular weight is 378 g/mol. The van der Waals surface area contributed by atoms with Crippen LogP contribution in [0, 0.1) is 0 Å². The number of rotatable bonds is 5. The largest absolute Gasteiger partial charge is 0.494 e. The molecule has 26 heavy (non-hydrogen) atoms. The monoisotopic (exact) mass is 377 g/mol. The Morgan fingerprint density at radius 1 is 1.15 bits per heavy atom. The summed E-state index contributed by atoms with van der Waals surface area (Å²) in [6, 6.07) is 10.9. The van der Waals surface area contributed by atoms with Crippen LogP contribution in [-0.4, -0.2) is 72.0 Å². The topological polar surface area (TPSA) is 45.6 Å². The third-order valence-corrected chi connectivity index (χ3v) is 5.34. The molecule has 0 spiro atoms. The fourth-order valence-corrected chi connectivity index (χ4v) is 4.00. The molecule has 3 heterocycles. The number of hydrogen-bond acceptors (Lipinski definition) is 5. The molecule has 2 fully saturated rings. The Bertz CT molecular complexity index is 701. The molecule has 1 aromatic carbocycles. The maximum absolute atomic E-state index is 5.50. The first-order valence-corrected chi connectivity index (χ1v) is 9.18. The van der Waals surface area contributed by atoms with Gasteiger partial charge in [0.1, 0.15) is 11.4 Å². The molecule has 142 valence electrons. The summed E-state index contributed by atoms with van der Waals surface area (Å²) < 4.78 is 7.51. The second-order valence-electron chi connectivity index (χ2n) is 6.87. The van der Waals surface area contributed by atoms with E-state index in [0.29, 0.717) is 6.04 Å². The fraction of sp³-hybridized carbons (Fsp3) is 0.526. The van der Waals surface area contributed by atoms with Crippen molar-refractivity contribution in [2.24, 2.45) is 0 Å². The van der Waals surface area contributed by atoms with Gasteiger partial charge in [-0.3, -0.25) is 9.80 Å². The van der Waals surface area contributed by atoms with Crippen LogP contribution >= 0.6 is 12.4 Å². The Kier molecular flexibility index (Phi) is 6.53. The van der Waals surface area contributed by atoms with Gasteiger partial charge in [0.2, 0.25) is 0 Å². The van der Waals surface area contributed by atoms with Crippen LogP contribution in [0.1, 0.15) is 12.1 Å². The minimum Gasteiger partial charge on any atom is -0.494 e. The molecule has 1 aromatic heterocycles. The maximum atomic E-state index is 5.50. The van der Waals surface area contributed by atoms with E-state index in [2.05, 4.69) is 32.3 Å². The predicted octanol–water partition coefficient (Wildman–Crippen LogP) is 1.78. The van der Waals surface area contributed by atoms with Crippen molar-refractivity contribution in [3.8, 4) is 11.4 Å². The zero-order valence-electron chi connectivity index (χ0n) is 15.3. The molecule has 0 bridgehead atoms. The van der Waals surface area contributed by atoms with Gasteiger partial charge in [0.05, 0.1) is 12.8 Å². The highest BCUT2D eigenvalue weighted by atomic mass is 35.5. The lowest BCUT2D eigenvalue weighted by molar-refractivity contribution is 0.170. The Balaban J connectivity index is 0.00000196. The number of ether oxygens (including phenoxy) is 1. The Morgan fingerprint density at radius 2 is 1.96 bits per heavy atom. The molecule has 7 heteroatoms. The quantitative estimate of drug-likeness (QED) is 0.860. The van der Waals surface area contributed by atoms with Gasteiger partial charge in [-0.2, -0.15) is 5.10 Å². The molecule has 0 amide bonds. The van der Waals surface area contributed by atoms with Gasteiger partial charge < -0.3 is 10.1 Å². The van der Waals surface area contributed by atoms with Crippen LogP contribution in [0.2, 0.25) is 0 Å². The highest BCUT2D eigenvalue weighted by Crippen LogP contribution is 2.24. The molecule has 2 saturated heterocycles. The number of methoxy groups -OCH3 is 1. The molecule has 0 radical (unpaired) electrons. The average Bonchev–Trinajstić information content (AvgIpc) is 3.32. The van der Waals surface area contributed by atoms with Crippen molar-refractivity contribution in [3.05, 3.63) is 42.2 Å². The van der Waals surface area contributed by atoms with E-state index in [1.54, 1.807) is 7.11 Å². The standard InChI is InChI=1S/C19H27N5O.ClH/c1-25-19-5-3-2-4-18(19)24-17(6-8-21-24)15-22-11-7-16(14-22)23-12-9-20-10-13-23;/h2-6,8,16,20H,7,9-15H2,1H3;1H. The van der Waals surface area contributed by atoms with Crippen molar-refractivity contribution in [2.75, 3.05) is 46.4 Å². The van der Waals surface area contributed by atoms with Gasteiger partial charge >= 0.3 is 0 Å². The molecule has 1 atom stereocenters. The van der Waals surface area contributed by atoms with E-state index in [1.165, 1.54) is 25.2 Å². The highest BCUT2D eigenvalue weighted by Gasteiger charge is 2.28. The molecule has 6 nitrogen and oxygen atoms in total. The van der Waals surface area contributed by atoms with Crippen molar-refractivity contribution >= 4 is 12.4 Å². The number of nitrogens with one attached hydrogen (secondary N) is 1. The molecular formula is C19H28ClN5O. The molecule has 1 unspecified atom stereocenters. The molecule has 2 aliphatic heterocycles. The van der Waals surface area contributed by atoms with Gasteiger partial charge in [-0.1, -0.05) is 12.1 Å². The van der Waals surface area contributed by atoms with Gasteiger partial charge in [-0.05, 0) is 24.6 Å². The molecule has 0 aliphatic carbocycles. The van der Waals surface area contributed by atoms with Gasteiger partial charge in [0, 0.05) is 58.1 Å². The van der Waals surface area contributed by atoms with E-state index >= 15 is 0 Å². The zero-order valence-corrected chi connectivity index (χ0v) is 16.1. The smallest absolute Gasteiger partial charge is 0.144 e. The van der Waals surface area contributed by atoms with E-state index in [1.807, 2.05) is 29.1 Å². The molecule has 4 rings (SSSR count). The summed E-state index contributed by atoms with van der Waals surface area (Å²) in [6.45, 7) is 7.84. The number of aromatic nitrogens is 2. The van der Waals surface area contributed by atoms with E-state index in [9.17, 15) is 0 Å². The van der Waals surface area contributed by atoms with Crippen molar-refractivity contribution in [1.29, 1.82) is 0 Å². The summed E-state index contributed by atoms with van der Waals surface area (Å²) in [6.07, 6.45) is 3.15. The van der Waals surface area contributed by atoms with Crippen LogP contribution in [0.3, 0.4) is 0 Å². The van der Waals surface area contributed by atoms with Crippen LogP contribution < -0.4 is 10.1 Å². The fourth-order valence-electron chi connectivity index (χ4n) is 4.00. The van der Waals surface area contributed by atoms with Crippen molar-refractivity contribution < 1.29 is 4.74 Å². The highest BCUT2D eigenvalue weighted by molar-refractivity contribution is 5.85. The summed E-state index contributed by atoms with van der Waals surface area (Å²) in [4.78, 5) is 5.20. The van der Waals surface area contributed by atoms with Crippen LogP contribution in [0.4, 0.5) is 0 Å². The Hall–Kier alpha value is -1.60. The first kappa shape index (κ1) is 19.2. The summed E-state index contributed by atoms with van der Waals surface area (Å²) >= 11 is 0. The number of halogens is 1. The van der Waals surface area contributed by atoms with Gasteiger partial charge in [-0.15, -0.1) is 12.4 Å². The van der Waals surface area contributed by atoms with E-state index < -0.39 is 0 Å². The van der Waals surface area contributed by atoms with Crippen molar-refractivity contribution in [1.82, 2.24) is 24.9 Å². The summed E-state index contributed by atoms with van der Waals surface area (Å²) in [5.74, 6) is 0.854. The van der Waals surface area contributed by atoms with E-state index in [0.717, 1.165) is 44.2 Å². The number of likely N-dealkylation sites (tertiary alicyclic amines) is 1. The molecule has 2 aromatic rings. The number of hydrogen-bond donors (Lipinski definition) is 1. The minimum atomic E-state index is 0. The maximum Gasteiger partial charge on any atom is 0.144 e. The first-order chi connectivity index (χ1) is 12.3. The third-order valence-electron chi connectivity index (χ3n) is 5.34. The normalized spacial score (nSPS) is 21.5. The van der Waals surface area contributed by atoms with E-state index in [-0.39, 0.29) is 12.4 Å². The zero-order chi connectivity index (χ0) is 17.1. The van der Waals surface area contributed by atoms with Gasteiger partial charge in [-0.25, -0.2) is 4.68 Å². The van der Waals surface area contributed by atoms with Crippen LogP contribution in [0.25, 0.3) is 5.69 Å². The second kappa shape index (κ2) is 8.86. The number of nitrogens with zero attached hydrogens (tertiary/aromatic N) is 4.